The quantitative estimate of drug-likeness (QED) is 0.723. The Morgan fingerprint density at radius 2 is 2.07 bits per heavy atom. The minimum Gasteiger partial charge on any atom is -0.370 e. The third-order valence-corrected chi connectivity index (χ3v) is 3.92. The molecule has 0 aromatic heterocycles. The highest BCUT2D eigenvalue weighted by molar-refractivity contribution is 14.1. The second kappa shape index (κ2) is 3.10. The average molecular weight is 314 g/mol. The van der Waals surface area contributed by atoms with Gasteiger partial charge in [-0.05, 0) is 60.1 Å². The summed E-state index contributed by atoms with van der Waals surface area (Å²) in [5, 5.41) is 6.36. The number of benzene rings is 1. The molecule has 3 rings (SSSR count). The monoisotopic (exact) mass is 314 g/mol. The zero-order valence-corrected chi connectivity index (χ0v) is 10.3. The van der Waals surface area contributed by atoms with Gasteiger partial charge in [0.15, 0.2) is 0 Å². The van der Waals surface area contributed by atoms with Crippen molar-refractivity contribution in [2.24, 2.45) is 0 Å². The van der Waals surface area contributed by atoms with Crippen LogP contribution >= 0.6 is 22.6 Å². The van der Waals surface area contributed by atoms with E-state index in [1.54, 1.807) is 0 Å². The van der Waals surface area contributed by atoms with E-state index in [0.717, 1.165) is 34.2 Å². The topological polar surface area (TPSA) is 41.1 Å². The minimum atomic E-state index is -0.306. The number of hydrogen-bond donors (Lipinski definition) is 2. The Morgan fingerprint density at radius 3 is 2.73 bits per heavy atom. The molecule has 0 bridgehead atoms. The number of anilines is 2. The Hall–Kier alpha value is -0.780. The summed E-state index contributed by atoms with van der Waals surface area (Å²) >= 11 is 2.25. The summed E-state index contributed by atoms with van der Waals surface area (Å²) in [5.41, 5.74) is 1.65. The summed E-state index contributed by atoms with van der Waals surface area (Å²) in [5.74, 6) is 0.128. The van der Waals surface area contributed by atoms with Crippen molar-refractivity contribution in [3.8, 4) is 0 Å². The molecule has 1 fully saturated rings. The molecule has 1 amide bonds. The van der Waals surface area contributed by atoms with Crippen LogP contribution in [0.1, 0.15) is 19.3 Å². The second-order valence-electron chi connectivity index (χ2n) is 4.20. The molecule has 4 heteroatoms. The molecule has 1 heterocycles. The fraction of sp³-hybridized carbons (Fsp3) is 0.364. The van der Waals surface area contributed by atoms with Gasteiger partial charge in [0.25, 0.3) is 0 Å². The van der Waals surface area contributed by atoms with E-state index in [-0.39, 0.29) is 11.4 Å². The molecule has 2 N–H and O–H groups in total. The Morgan fingerprint density at radius 1 is 1.27 bits per heavy atom. The van der Waals surface area contributed by atoms with Crippen LogP contribution in [0.5, 0.6) is 0 Å². The van der Waals surface area contributed by atoms with E-state index in [1.807, 2.05) is 12.1 Å². The number of carbonyl (C=O) groups excluding carboxylic acids is 1. The lowest BCUT2D eigenvalue weighted by Crippen LogP contribution is -2.57. The standard InChI is InChI=1S/C11H11IN2O/c12-7-2-3-8-9(6-7)13-10(15)11(14-8)4-1-5-11/h2-3,6,14H,1,4-5H2,(H,13,15). The predicted molar refractivity (Wildman–Crippen MR) is 68.0 cm³/mol. The lowest BCUT2D eigenvalue weighted by atomic mass is 9.74. The van der Waals surface area contributed by atoms with Crippen molar-refractivity contribution < 1.29 is 4.79 Å². The van der Waals surface area contributed by atoms with Gasteiger partial charge in [-0.1, -0.05) is 0 Å². The van der Waals surface area contributed by atoms with E-state index >= 15 is 0 Å². The van der Waals surface area contributed by atoms with Gasteiger partial charge in [0, 0.05) is 3.57 Å². The molecule has 3 nitrogen and oxygen atoms in total. The van der Waals surface area contributed by atoms with Crippen molar-refractivity contribution in [1.82, 2.24) is 0 Å². The number of fused-ring (bicyclic) bond motifs is 1. The third-order valence-electron chi connectivity index (χ3n) is 3.25. The van der Waals surface area contributed by atoms with Gasteiger partial charge in [0.05, 0.1) is 11.4 Å². The third kappa shape index (κ3) is 1.34. The highest BCUT2D eigenvalue weighted by Crippen LogP contribution is 2.42. The summed E-state index contributed by atoms with van der Waals surface area (Å²) in [6, 6.07) is 6.08. The molecule has 0 radical (unpaired) electrons. The number of nitrogens with one attached hydrogen (secondary N) is 2. The molecule has 1 spiro atoms. The van der Waals surface area contributed by atoms with Crippen molar-refractivity contribution in [1.29, 1.82) is 0 Å². The predicted octanol–water partition coefficient (Wildman–Crippen LogP) is 2.58. The van der Waals surface area contributed by atoms with Gasteiger partial charge in [0.2, 0.25) is 5.91 Å². The molecule has 1 saturated carbocycles. The zero-order valence-electron chi connectivity index (χ0n) is 8.14. The van der Waals surface area contributed by atoms with E-state index < -0.39 is 0 Å². The van der Waals surface area contributed by atoms with Gasteiger partial charge >= 0.3 is 0 Å². The Kier molecular flexibility index (Phi) is 1.95. The molecule has 78 valence electrons. The molecule has 0 saturated heterocycles. The van der Waals surface area contributed by atoms with Gasteiger partial charge in [-0.3, -0.25) is 4.79 Å². The summed E-state index contributed by atoms with van der Waals surface area (Å²) in [4.78, 5) is 11.9. The van der Waals surface area contributed by atoms with Crippen molar-refractivity contribution in [2.45, 2.75) is 24.8 Å². The van der Waals surface area contributed by atoms with Gasteiger partial charge < -0.3 is 10.6 Å². The summed E-state index contributed by atoms with van der Waals surface area (Å²) in [6.07, 6.45) is 3.04. The first kappa shape index (κ1) is 9.45. The Labute approximate surface area is 102 Å². The van der Waals surface area contributed by atoms with Crippen LogP contribution < -0.4 is 10.6 Å². The maximum Gasteiger partial charge on any atom is 0.250 e. The molecule has 1 aromatic carbocycles. The molecule has 1 aliphatic carbocycles. The van der Waals surface area contributed by atoms with Gasteiger partial charge in [-0.25, -0.2) is 0 Å². The van der Waals surface area contributed by atoms with Crippen LogP contribution in [-0.2, 0) is 4.79 Å². The maximum atomic E-state index is 11.9. The van der Waals surface area contributed by atoms with Crippen LogP contribution in [0.2, 0.25) is 0 Å². The number of carbonyl (C=O) groups is 1. The maximum absolute atomic E-state index is 11.9. The fourth-order valence-electron chi connectivity index (χ4n) is 2.17. The van der Waals surface area contributed by atoms with Crippen molar-refractivity contribution >= 4 is 39.9 Å². The Balaban J connectivity index is 2.02. The van der Waals surface area contributed by atoms with E-state index in [9.17, 15) is 4.79 Å². The van der Waals surface area contributed by atoms with Gasteiger partial charge in [-0.2, -0.15) is 0 Å². The molecule has 0 atom stereocenters. The molecule has 2 aliphatic rings. The number of rotatable bonds is 0. The van der Waals surface area contributed by atoms with Crippen LogP contribution in [0.4, 0.5) is 11.4 Å². The average Bonchev–Trinajstić information content (AvgIpc) is 2.14. The molecule has 0 unspecified atom stereocenters. The normalized spacial score (nSPS) is 21.3. The summed E-state index contributed by atoms with van der Waals surface area (Å²) in [7, 11) is 0. The summed E-state index contributed by atoms with van der Waals surface area (Å²) < 4.78 is 1.14. The van der Waals surface area contributed by atoms with Crippen LogP contribution in [0, 0.1) is 3.57 Å². The smallest absolute Gasteiger partial charge is 0.250 e. The SMILES string of the molecule is O=C1Nc2cc(I)ccc2NC12CCC2. The fourth-order valence-corrected chi connectivity index (χ4v) is 2.66. The number of amides is 1. The molecule has 1 aromatic rings. The van der Waals surface area contributed by atoms with Crippen LogP contribution in [0.25, 0.3) is 0 Å². The van der Waals surface area contributed by atoms with Crippen molar-refractivity contribution in [3.63, 3.8) is 0 Å². The highest BCUT2D eigenvalue weighted by atomic mass is 127. The lowest BCUT2D eigenvalue weighted by molar-refractivity contribution is -0.123. The van der Waals surface area contributed by atoms with Crippen molar-refractivity contribution in [3.05, 3.63) is 21.8 Å². The van der Waals surface area contributed by atoms with E-state index in [4.69, 9.17) is 0 Å². The van der Waals surface area contributed by atoms with Crippen LogP contribution in [-0.4, -0.2) is 11.4 Å². The van der Waals surface area contributed by atoms with Crippen LogP contribution in [0.3, 0.4) is 0 Å². The molecular formula is C11H11IN2O. The van der Waals surface area contributed by atoms with E-state index in [2.05, 4.69) is 39.3 Å². The first-order valence-corrected chi connectivity index (χ1v) is 6.17. The number of hydrogen-bond acceptors (Lipinski definition) is 2. The first-order valence-electron chi connectivity index (χ1n) is 5.09. The lowest BCUT2D eigenvalue weighted by Gasteiger charge is -2.44. The highest BCUT2D eigenvalue weighted by Gasteiger charge is 2.46. The zero-order chi connectivity index (χ0) is 10.5. The van der Waals surface area contributed by atoms with E-state index in [1.165, 1.54) is 0 Å². The van der Waals surface area contributed by atoms with E-state index in [0.29, 0.717) is 0 Å². The Bertz CT molecular complexity index is 440. The van der Waals surface area contributed by atoms with Gasteiger partial charge in [0.1, 0.15) is 5.54 Å². The molecule has 1 aliphatic heterocycles. The molecular weight excluding hydrogens is 303 g/mol. The summed E-state index contributed by atoms with van der Waals surface area (Å²) in [6.45, 7) is 0. The molecule has 15 heavy (non-hydrogen) atoms. The minimum absolute atomic E-state index is 0.128. The largest absolute Gasteiger partial charge is 0.370 e. The number of halogens is 1. The van der Waals surface area contributed by atoms with Crippen molar-refractivity contribution in [2.75, 3.05) is 10.6 Å². The van der Waals surface area contributed by atoms with Crippen LogP contribution in [0.15, 0.2) is 18.2 Å². The first-order chi connectivity index (χ1) is 7.20. The van der Waals surface area contributed by atoms with Gasteiger partial charge in [-0.15, -0.1) is 0 Å². The second-order valence-corrected chi connectivity index (χ2v) is 5.45.